The van der Waals surface area contributed by atoms with E-state index in [1.165, 1.54) is 0 Å². The van der Waals surface area contributed by atoms with Crippen LogP contribution in [0.4, 0.5) is 0 Å². The van der Waals surface area contributed by atoms with Gasteiger partial charge in [0.2, 0.25) is 12.2 Å². The smallest absolute Gasteiger partial charge is 0.265 e. The zero-order chi connectivity index (χ0) is 45.9. The van der Waals surface area contributed by atoms with E-state index in [9.17, 15) is 0 Å². The third kappa shape index (κ3) is 11.1. The SMILES string of the molecule is CC1O[C@@H](OC(=N)C(Cl)(Cl)Cl)C2OC(C)(C)OC2[C@H]1O[C@@H]1OC[C@@H](OCc2ccccc2)C(O[C@H]2OCC3(COCc4ccccc4)O[C@@H](c4ccccc4)OC23)C1OCc1ccccc1. The van der Waals surface area contributed by atoms with Crippen LogP contribution < -0.4 is 0 Å². The molecule has 0 radical (unpaired) electrons. The number of hydrogen-bond acceptors (Lipinski definition) is 14. The number of hydrogen-bond donors (Lipinski definition) is 1. The maximum absolute atomic E-state index is 8.27. The molecule has 0 aromatic heterocycles. The third-order valence-corrected chi connectivity index (χ3v) is 12.5. The molecule has 1 N–H and O–H groups in total. The second-order valence-electron chi connectivity index (χ2n) is 17.4. The number of alkyl halides is 3. The van der Waals surface area contributed by atoms with Gasteiger partial charge in [0.25, 0.3) is 3.79 Å². The first-order valence-electron chi connectivity index (χ1n) is 22.0. The van der Waals surface area contributed by atoms with Crippen LogP contribution in [0.25, 0.3) is 0 Å². The summed E-state index contributed by atoms with van der Waals surface area (Å²) < 4.78 is 83.2. The molecule has 0 saturated carbocycles. The highest BCUT2D eigenvalue weighted by Gasteiger charge is 2.62. The topological polar surface area (TPSA) is 144 Å². The van der Waals surface area contributed by atoms with E-state index in [2.05, 4.69) is 0 Å². The van der Waals surface area contributed by atoms with E-state index in [1.54, 1.807) is 20.8 Å². The second kappa shape index (κ2) is 20.8. The molecule has 5 heterocycles. The van der Waals surface area contributed by atoms with E-state index in [0.29, 0.717) is 6.61 Å². The molecular formula is C49H54Cl3NO13. The van der Waals surface area contributed by atoms with Gasteiger partial charge in [0.05, 0.1) is 45.7 Å². The van der Waals surface area contributed by atoms with Gasteiger partial charge in [0, 0.05) is 5.56 Å². The Morgan fingerprint density at radius 3 is 1.86 bits per heavy atom. The van der Waals surface area contributed by atoms with Crippen molar-refractivity contribution >= 4 is 40.7 Å². The summed E-state index contributed by atoms with van der Waals surface area (Å²) in [6, 6.07) is 39.3. The predicted octanol–water partition coefficient (Wildman–Crippen LogP) is 8.34. The second-order valence-corrected chi connectivity index (χ2v) is 19.6. The molecule has 354 valence electrons. The standard InChI is InChI=1S/C49H54Cl3NO13/c1-30-36(38-40(65-47(2,3)64-38)44(59-30)63-46(53)49(50,51)52)60-43-39(56-26-33-20-12-6-13-21-33)37(35(27-57-43)55-25-32-18-10-5-11-19-32)61-45-41-48(29-58-45,28-54-24-31-16-8-4-9-17-31)66-42(62-41)34-22-14-7-15-23-34/h4-23,30,35-45,53H,24-29H2,1-3H3/t30?,35-,36+,37?,38?,39?,40?,41?,42+,43+,44+,45-,48?/m1/s1. The highest BCUT2D eigenvalue weighted by molar-refractivity contribution is 6.76. The van der Waals surface area contributed by atoms with Gasteiger partial charge >= 0.3 is 0 Å². The molecule has 5 aliphatic heterocycles. The van der Waals surface area contributed by atoms with Crippen LogP contribution in [-0.4, -0.2) is 109 Å². The number of fused-ring (bicyclic) bond motifs is 2. The van der Waals surface area contributed by atoms with Crippen molar-refractivity contribution in [2.75, 3.05) is 19.8 Å². The van der Waals surface area contributed by atoms with E-state index in [0.717, 1.165) is 22.3 Å². The zero-order valence-electron chi connectivity index (χ0n) is 36.7. The lowest BCUT2D eigenvalue weighted by Gasteiger charge is -2.46. The fraction of sp³-hybridized carbons (Fsp3) is 0.490. The normalized spacial score (nSPS) is 33.8. The Hall–Kier alpha value is -3.26. The largest absolute Gasteiger partial charge is 0.445 e. The van der Waals surface area contributed by atoms with Gasteiger partial charge in [0.1, 0.15) is 42.2 Å². The minimum absolute atomic E-state index is 0.0468. The Labute approximate surface area is 399 Å². The molecular weight excluding hydrogens is 917 g/mol. The molecule has 5 fully saturated rings. The molecule has 0 bridgehead atoms. The molecule has 5 saturated heterocycles. The van der Waals surface area contributed by atoms with Crippen molar-refractivity contribution in [3.8, 4) is 0 Å². The van der Waals surface area contributed by atoms with Crippen LogP contribution in [0, 0.1) is 5.41 Å². The minimum atomic E-state index is -2.13. The van der Waals surface area contributed by atoms with Crippen molar-refractivity contribution in [3.63, 3.8) is 0 Å². The van der Waals surface area contributed by atoms with E-state index in [4.69, 9.17) is 102 Å². The molecule has 9 rings (SSSR count). The Kier molecular flexibility index (Phi) is 15.0. The summed E-state index contributed by atoms with van der Waals surface area (Å²) in [7, 11) is 0. The molecule has 17 heteroatoms. The van der Waals surface area contributed by atoms with Crippen LogP contribution >= 0.6 is 34.8 Å². The van der Waals surface area contributed by atoms with Crippen LogP contribution in [0.15, 0.2) is 121 Å². The molecule has 4 aromatic carbocycles. The summed E-state index contributed by atoms with van der Waals surface area (Å²) in [6.07, 6.45) is -10.3. The van der Waals surface area contributed by atoms with Crippen LogP contribution in [0.3, 0.4) is 0 Å². The molecule has 13 atom stereocenters. The molecule has 66 heavy (non-hydrogen) atoms. The molecule has 0 spiro atoms. The monoisotopic (exact) mass is 969 g/mol. The van der Waals surface area contributed by atoms with Gasteiger partial charge in [0.15, 0.2) is 30.8 Å². The van der Waals surface area contributed by atoms with Gasteiger partial charge in [-0.05, 0) is 37.5 Å². The maximum atomic E-state index is 8.27. The molecule has 0 aliphatic carbocycles. The lowest BCUT2D eigenvalue weighted by atomic mass is 9.98. The van der Waals surface area contributed by atoms with Gasteiger partial charge in [-0.3, -0.25) is 5.41 Å². The fourth-order valence-electron chi connectivity index (χ4n) is 8.82. The highest BCUT2D eigenvalue weighted by atomic mass is 35.6. The Morgan fingerprint density at radius 1 is 0.652 bits per heavy atom. The Morgan fingerprint density at radius 2 is 1.23 bits per heavy atom. The average molecular weight is 971 g/mol. The number of benzene rings is 4. The summed E-state index contributed by atoms with van der Waals surface area (Å²) in [5.74, 6) is -1.72. The van der Waals surface area contributed by atoms with Crippen LogP contribution in [0.5, 0.6) is 0 Å². The van der Waals surface area contributed by atoms with Crippen molar-refractivity contribution in [1.29, 1.82) is 5.41 Å². The molecule has 14 nitrogen and oxygen atoms in total. The van der Waals surface area contributed by atoms with Crippen molar-refractivity contribution in [2.45, 2.75) is 130 Å². The average Bonchev–Trinajstić information content (AvgIpc) is 3.97. The quantitative estimate of drug-likeness (QED) is 0.0654. The van der Waals surface area contributed by atoms with Crippen molar-refractivity contribution in [2.24, 2.45) is 0 Å². The third-order valence-electron chi connectivity index (χ3n) is 12.0. The fourth-order valence-corrected chi connectivity index (χ4v) is 8.96. The molecule has 5 aliphatic rings. The summed E-state index contributed by atoms with van der Waals surface area (Å²) in [4.78, 5) is 0. The number of ether oxygens (including phenoxy) is 13. The van der Waals surface area contributed by atoms with E-state index >= 15 is 0 Å². The lowest BCUT2D eigenvalue weighted by Crippen LogP contribution is -2.63. The first kappa shape index (κ1) is 47.8. The van der Waals surface area contributed by atoms with Gasteiger partial charge in [-0.15, -0.1) is 0 Å². The van der Waals surface area contributed by atoms with Gasteiger partial charge in [-0.1, -0.05) is 156 Å². The zero-order valence-corrected chi connectivity index (χ0v) is 38.9. The molecule has 4 aromatic rings. The summed E-state index contributed by atoms with van der Waals surface area (Å²) in [5.41, 5.74) is 2.71. The summed E-state index contributed by atoms with van der Waals surface area (Å²) >= 11 is 18.0. The first-order valence-corrected chi connectivity index (χ1v) is 23.2. The van der Waals surface area contributed by atoms with Gasteiger partial charge in [-0.25, -0.2) is 0 Å². The summed E-state index contributed by atoms with van der Waals surface area (Å²) in [5, 5.41) is 8.27. The number of halogens is 3. The molecule has 7 unspecified atom stereocenters. The maximum Gasteiger partial charge on any atom is 0.265 e. The van der Waals surface area contributed by atoms with Crippen molar-refractivity contribution in [3.05, 3.63) is 144 Å². The van der Waals surface area contributed by atoms with Crippen molar-refractivity contribution < 1.29 is 61.6 Å². The van der Waals surface area contributed by atoms with Crippen LogP contribution in [0.1, 0.15) is 49.3 Å². The highest BCUT2D eigenvalue weighted by Crippen LogP contribution is 2.47. The first-order chi connectivity index (χ1) is 31.8. The van der Waals surface area contributed by atoms with Gasteiger partial charge < -0.3 is 61.6 Å². The summed E-state index contributed by atoms with van der Waals surface area (Å²) in [6.45, 7) is 6.45. The predicted molar refractivity (Wildman–Crippen MR) is 240 cm³/mol. The van der Waals surface area contributed by atoms with Crippen molar-refractivity contribution in [1.82, 2.24) is 0 Å². The lowest BCUT2D eigenvalue weighted by molar-refractivity contribution is -0.350. The van der Waals surface area contributed by atoms with Crippen LogP contribution in [-0.2, 0) is 81.4 Å². The van der Waals surface area contributed by atoms with Gasteiger partial charge in [-0.2, -0.15) is 0 Å². The Bertz CT molecular complexity index is 2180. The van der Waals surface area contributed by atoms with E-state index in [1.807, 2.05) is 121 Å². The van der Waals surface area contributed by atoms with Crippen LogP contribution in [0.2, 0.25) is 0 Å². The number of rotatable bonds is 16. The van der Waals surface area contributed by atoms with E-state index in [-0.39, 0.29) is 33.0 Å². The molecule has 0 amide bonds. The Balaban J connectivity index is 1.02. The minimum Gasteiger partial charge on any atom is -0.445 e. The van der Waals surface area contributed by atoms with E-state index < -0.39 is 95.1 Å². The number of nitrogens with one attached hydrogen (secondary N) is 1.